The maximum atomic E-state index is 14.9. The van der Waals surface area contributed by atoms with Crippen molar-refractivity contribution in [2.75, 3.05) is 55.2 Å². The molecule has 1 amide bonds. The molecule has 474 valence electrons. The summed E-state index contributed by atoms with van der Waals surface area (Å²) in [4.78, 5) is 33.3. The molecule has 0 radical (unpaired) electrons. The molecule has 18 heteroatoms. The Morgan fingerprint density at radius 3 is 1.73 bits per heavy atom. The number of methoxy groups -OCH3 is 4. The summed E-state index contributed by atoms with van der Waals surface area (Å²) < 4.78 is 49.0. The number of hydrogen-bond acceptors (Lipinski definition) is 16. The standard InChI is InChI=1S/C66H105N2O15P/c1-17-55-66(10,75)59(71)45(6)68(56(69)23-21-19-18-20-22-36-84(50-30-24-47(76-13)25-31-50,51-32-26-48(77-14)27-33-51)52-34-28-49(78-15)29-35-52)40-41(2)38-64(8,74)61(83-63-58(70)53(67(11)12)37-42(3)80-63)43(4)57(44(5)62(73)82-55)54-39-65(9,79-16)60(72)46(7)81-54/h24-35,41-46,53-55,57-61,63,70-72,74-75,84H,17-23,36-40H2,1-16H3/t41-,42-,43+,44-,45-,46+,53+,54?,55-,57+,58-,59-,60+,61-,63+,64-,65-,66-/m1/s1. The third-order valence-corrected chi connectivity index (χ3v) is 24.3. The van der Waals surface area contributed by atoms with E-state index in [0.717, 1.165) is 49.1 Å². The Bertz CT molecular complexity index is 2400. The second-order valence-electron chi connectivity index (χ2n) is 25.7. The number of hydrogen-bond donors (Lipinski definition) is 5. The Hall–Kier alpha value is -3.97. The first-order chi connectivity index (χ1) is 39.6. The van der Waals surface area contributed by atoms with Crippen LogP contribution in [-0.2, 0) is 33.3 Å². The van der Waals surface area contributed by atoms with Gasteiger partial charge in [0.05, 0.1) is 41.5 Å². The van der Waals surface area contributed by atoms with Crippen molar-refractivity contribution in [2.45, 2.75) is 217 Å². The fourth-order valence-electron chi connectivity index (χ4n) is 14.3. The van der Waals surface area contributed by atoms with Crippen molar-refractivity contribution in [3.8, 4) is 17.2 Å². The van der Waals surface area contributed by atoms with E-state index in [9.17, 15) is 35.1 Å². The van der Waals surface area contributed by atoms with Crippen LogP contribution in [0.1, 0.15) is 133 Å². The second-order valence-corrected chi connectivity index (χ2v) is 29.8. The summed E-state index contributed by atoms with van der Waals surface area (Å²) in [5, 5.41) is 65.0. The van der Waals surface area contributed by atoms with E-state index < -0.39 is 109 Å². The van der Waals surface area contributed by atoms with Crippen molar-refractivity contribution in [2.24, 2.45) is 23.7 Å². The minimum absolute atomic E-state index is 0.0778. The molecule has 17 nitrogen and oxygen atoms in total. The van der Waals surface area contributed by atoms with Gasteiger partial charge in [0.2, 0.25) is 0 Å². The van der Waals surface area contributed by atoms with E-state index in [4.69, 9.17) is 37.9 Å². The van der Waals surface area contributed by atoms with Crippen molar-refractivity contribution < 1.29 is 73.0 Å². The summed E-state index contributed by atoms with van der Waals surface area (Å²) in [6.45, 7) is 17.7. The van der Waals surface area contributed by atoms with Gasteiger partial charge in [0.1, 0.15) is 18.3 Å². The number of carbonyl (C=O) groups is 2. The second kappa shape index (κ2) is 29.8. The van der Waals surface area contributed by atoms with E-state index in [2.05, 4.69) is 36.4 Å². The molecule has 3 heterocycles. The van der Waals surface area contributed by atoms with E-state index >= 15 is 0 Å². The number of amides is 1. The molecule has 18 atom stereocenters. The molecule has 0 saturated carbocycles. The molecule has 3 aromatic carbocycles. The van der Waals surface area contributed by atoms with Gasteiger partial charge in [0.25, 0.3) is 0 Å². The number of rotatable bonds is 20. The van der Waals surface area contributed by atoms with Crippen LogP contribution in [0.2, 0.25) is 0 Å². The van der Waals surface area contributed by atoms with Crippen molar-refractivity contribution >= 4 is 35.1 Å². The number of benzene rings is 3. The number of unbranched alkanes of at least 4 members (excludes halogenated alkanes) is 4. The SMILES string of the molecule is CC[C@H]1OC(=O)[C@H](C)[C@@H](C2C[C@@](C)(OC)[C@@H](O)[C@H](C)O2)[C@H](C)[C@@H](O[C@@H]2O[C@H](C)C[C@H](N(C)C)[C@H]2O)[C@](C)(O)C[C@@H](C)CN(C(=O)CCCCCCC[PH](c2ccc(OC)cc2)(c2ccc(OC)cc2)c2ccc(OC)cc2)[C@H](C)[C@@H](O)[C@]1(C)O. The Morgan fingerprint density at radius 2 is 1.24 bits per heavy atom. The fraction of sp³-hybridized carbons (Fsp3) is 0.697. The van der Waals surface area contributed by atoms with E-state index in [1.807, 2.05) is 76.2 Å². The van der Waals surface area contributed by atoms with Crippen LogP contribution >= 0.6 is 7.26 Å². The summed E-state index contributed by atoms with van der Waals surface area (Å²) in [7, 11) is 7.68. The molecule has 3 aromatic rings. The summed E-state index contributed by atoms with van der Waals surface area (Å²) in [5.41, 5.74) is -4.80. The van der Waals surface area contributed by atoms with Gasteiger partial charge in [-0.2, -0.15) is 0 Å². The minimum Gasteiger partial charge on any atom is -0.383 e. The quantitative estimate of drug-likeness (QED) is 0.0431. The summed E-state index contributed by atoms with van der Waals surface area (Å²) >= 11 is 0. The van der Waals surface area contributed by atoms with Crippen molar-refractivity contribution in [3.05, 3.63) is 72.8 Å². The molecule has 84 heavy (non-hydrogen) atoms. The van der Waals surface area contributed by atoms with Gasteiger partial charge in [-0.3, -0.25) is 4.79 Å². The molecular weight excluding hydrogens is 1090 g/mol. The average Bonchev–Trinajstić information content (AvgIpc) is 1.20. The number of carbonyl (C=O) groups excluding carboxylic acids is 2. The maximum absolute atomic E-state index is 14.9. The smallest absolute Gasteiger partial charge is 0.383 e. The Balaban J connectivity index is 1.28. The Morgan fingerprint density at radius 1 is 0.726 bits per heavy atom. The van der Waals surface area contributed by atoms with E-state index in [1.165, 1.54) is 29.9 Å². The number of aliphatic hydroxyl groups excluding tert-OH is 3. The van der Waals surface area contributed by atoms with E-state index in [-0.39, 0.29) is 50.3 Å². The fourth-order valence-corrected chi connectivity index (χ4v) is 19.1. The Kier molecular flexibility index (Phi) is 24.5. The van der Waals surface area contributed by atoms with Gasteiger partial charge in [-0.25, -0.2) is 0 Å². The molecule has 3 aliphatic rings. The number of likely N-dealkylation sites (N-methyl/N-ethyl adjacent to an activating group) is 1. The van der Waals surface area contributed by atoms with Gasteiger partial charge < -0.3 is 49.0 Å². The van der Waals surface area contributed by atoms with Gasteiger partial charge in [-0.1, -0.05) is 20.8 Å². The summed E-state index contributed by atoms with van der Waals surface area (Å²) in [6.07, 6.45) is -2.83. The first-order valence-corrected chi connectivity index (χ1v) is 33.0. The molecule has 0 bridgehead atoms. The number of aliphatic hydroxyl groups is 5. The zero-order valence-corrected chi connectivity index (χ0v) is 54.3. The normalized spacial score (nSPS) is 35.1. The van der Waals surface area contributed by atoms with Gasteiger partial charge >= 0.3 is 271 Å². The first kappa shape index (κ1) is 69.1. The van der Waals surface area contributed by atoms with Crippen molar-refractivity contribution in [1.29, 1.82) is 0 Å². The molecule has 5 N–H and O–H groups in total. The Labute approximate surface area is 502 Å². The van der Waals surface area contributed by atoms with Crippen LogP contribution in [0.3, 0.4) is 0 Å². The van der Waals surface area contributed by atoms with Crippen molar-refractivity contribution in [1.82, 2.24) is 9.80 Å². The van der Waals surface area contributed by atoms with E-state index in [1.54, 1.807) is 67.8 Å². The first-order valence-electron chi connectivity index (χ1n) is 30.7. The third kappa shape index (κ3) is 15.6. The van der Waals surface area contributed by atoms with Gasteiger partial charge in [-0.15, -0.1) is 0 Å². The van der Waals surface area contributed by atoms with Gasteiger partial charge in [0, 0.05) is 25.5 Å². The zero-order chi connectivity index (χ0) is 62.1. The van der Waals surface area contributed by atoms with Crippen molar-refractivity contribution in [3.63, 3.8) is 0 Å². The van der Waals surface area contributed by atoms with Crippen LogP contribution in [0.15, 0.2) is 72.8 Å². The zero-order valence-electron chi connectivity index (χ0n) is 53.3. The van der Waals surface area contributed by atoms with Crippen LogP contribution in [-0.4, -0.2) is 186 Å². The third-order valence-electron chi connectivity index (χ3n) is 19.3. The van der Waals surface area contributed by atoms with E-state index in [0.29, 0.717) is 12.8 Å². The van der Waals surface area contributed by atoms with Gasteiger partial charge in [0.15, 0.2) is 6.29 Å². The van der Waals surface area contributed by atoms with Gasteiger partial charge in [-0.05, 0) is 67.5 Å². The number of esters is 1. The van der Waals surface area contributed by atoms with Crippen LogP contribution in [0.25, 0.3) is 0 Å². The molecule has 1 unspecified atom stereocenters. The molecular formula is C66H105N2O15P. The number of nitrogens with zero attached hydrogens (tertiary/aromatic N) is 2. The monoisotopic (exact) mass is 1200 g/mol. The molecule has 6 rings (SSSR count). The molecule has 0 spiro atoms. The average molecular weight is 1200 g/mol. The van der Waals surface area contributed by atoms with Crippen LogP contribution in [0.4, 0.5) is 0 Å². The minimum atomic E-state index is -2.65. The van der Waals surface area contributed by atoms with Crippen LogP contribution in [0.5, 0.6) is 17.2 Å². The van der Waals surface area contributed by atoms with Crippen LogP contribution < -0.4 is 30.1 Å². The number of ether oxygens (including phenoxy) is 8. The van der Waals surface area contributed by atoms with Crippen LogP contribution in [0, 0.1) is 23.7 Å². The number of cyclic esters (lactones) is 1. The molecule has 0 aromatic heterocycles. The molecule has 0 aliphatic carbocycles. The predicted octanol–water partition coefficient (Wildman–Crippen LogP) is 7.16. The molecule has 3 aliphatic heterocycles. The molecule has 3 saturated heterocycles. The topological polar surface area (TPSA) is 216 Å². The predicted molar refractivity (Wildman–Crippen MR) is 331 cm³/mol. The molecule has 3 fully saturated rings. The summed E-state index contributed by atoms with van der Waals surface area (Å²) in [5.74, 6) is -1.42. The summed E-state index contributed by atoms with van der Waals surface area (Å²) in [6, 6.07) is 24.1.